The van der Waals surface area contributed by atoms with E-state index in [1.165, 1.54) is 0 Å². The van der Waals surface area contributed by atoms with Crippen molar-refractivity contribution in [1.82, 2.24) is 0 Å². The maximum Gasteiger partial charge on any atom is 0.409 e. The molecule has 9 heteroatoms. The zero-order chi connectivity index (χ0) is 11.4. The first-order valence-corrected chi connectivity index (χ1v) is 5.01. The lowest BCUT2D eigenvalue weighted by Gasteiger charge is -1.97. The molecule has 0 aromatic carbocycles. The first-order valence-electron chi connectivity index (χ1n) is 3.19. The number of halogens is 3. The molecule has 0 amide bonds. The van der Waals surface area contributed by atoms with Crippen LogP contribution in [0, 0.1) is 10.1 Å². The monoisotopic (exact) mass is 233 g/mol. The summed E-state index contributed by atoms with van der Waals surface area (Å²) in [7, 11) is -4.09. The third kappa shape index (κ3) is 7.53. The van der Waals surface area contributed by atoms with E-state index >= 15 is 0 Å². The smallest absolute Gasteiger partial charge is 0.263 e. The molecule has 0 aromatic heterocycles. The summed E-state index contributed by atoms with van der Waals surface area (Å²) in [6.07, 6.45) is -4.55. The van der Waals surface area contributed by atoms with E-state index in [2.05, 4.69) is 0 Å². The molecule has 0 saturated heterocycles. The third-order valence-electron chi connectivity index (χ3n) is 0.959. The molecule has 0 aliphatic heterocycles. The van der Waals surface area contributed by atoms with Gasteiger partial charge in [-0.25, -0.2) is 8.42 Å². The first kappa shape index (κ1) is 12.9. The summed E-state index contributed by atoms with van der Waals surface area (Å²) in [5.74, 6) is -2.36. The predicted octanol–water partition coefficient (Wildman–Crippen LogP) is 0.754. The molecule has 0 aliphatic rings. The molecule has 0 spiro atoms. The van der Waals surface area contributed by atoms with Crippen LogP contribution < -0.4 is 0 Å². The molecule has 82 valence electrons. The average Bonchev–Trinajstić information content (AvgIpc) is 1.78. The van der Waals surface area contributed by atoms with Gasteiger partial charge in [0.25, 0.3) is 0 Å². The summed E-state index contributed by atoms with van der Waals surface area (Å²) in [6.45, 7) is 0. The quantitative estimate of drug-likeness (QED) is 0.408. The van der Waals surface area contributed by atoms with Crippen molar-refractivity contribution in [3.63, 3.8) is 0 Å². The molecule has 0 bridgehead atoms. The number of hydrogen-bond donors (Lipinski definition) is 0. The second kappa shape index (κ2) is 4.40. The largest absolute Gasteiger partial charge is 0.409 e. The van der Waals surface area contributed by atoms with Crippen LogP contribution in [-0.2, 0) is 9.84 Å². The highest BCUT2D eigenvalue weighted by Crippen LogP contribution is 2.15. The van der Waals surface area contributed by atoms with Crippen LogP contribution in [0.4, 0.5) is 13.2 Å². The second-order valence-electron chi connectivity index (χ2n) is 2.32. The lowest BCUT2D eigenvalue weighted by atomic mass is 10.5. The summed E-state index contributed by atoms with van der Waals surface area (Å²) >= 11 is 0. The van der Waals surface area contributed by atoms with Gasteiger partial charge in [0.05, 0.1) is 5.75 Å². The Morgan fingerprint density at radius 3 is 2.21 bits per heavy atom. The Morgan fingerprint density at radius 1 is 1.36 bits per heavy atom. The van der Waals surface area contributed by atoms with Gasteiger partial charge in [-0.1, -0.05) is 6.08 Å². The Labute approximate surface area is 77.3 Å². The van der Waals surface area contributed by atoms with Crippen molar-refractivity contribution in [2.24, 2.45) is 0 Å². The Bertz CT molecular complexity index is 331. The number of nitro groups is 1. The van der Waals surface area contributed by atoms with Crippen LogP contribution in [0.1, 0.15) is 0 Å². The van der Waals surface area contributed by atoms with Crippen LogP contribution in [0.15, 0.2) is 12.2 Å². The van der Waals surface area contributed by atoms with Gasteiger partial charge in [-0.05, 0) is 0 Å². The summed E-state index contributed by atoms with van der Waals surface area (Å²) < 4.78 is 55.8. The van der Waals surface area contributed by atoms with Crippen molar-refractivity contribution in [3.05, 3.63) is 22.3 Å². The summed E-state index contributed by atoms with van der Waals surface area (Å²) in [5.41, 5.74) is 0. The van der Waals surface area contributed by atoms with E-state index in [0.29, 0.717) is 6.08 Å². The van der Waals surface area contributed by atoms with E-state index in [1.54, 1.807) is 0 Å². The zero-order valence-electron chi connectivity index (χ0n) is 6.69. The Kier molecular flexibility index (Phi) is 4.05. The third-order valence-corrected chi connectivity index (χ3v) is 2.26. The highest BCUT2D eigenvalue weighted by Gasteiger charge is 2.23. The van der Waals surface area contributed by atoms with Crippen molar-refractivity contribution in [3.8, 4) is 0 Å². The lowest BCUT2D eigenvalue weighted by molar-refractivity contribution is -0.458. The SMILES string of the molecule is O=[N+]([O-])CS(=O)(=O)CC=CC(F)(F)F. The van der Waals surface area contributed by atoms with E-state index in [9.17, 15) is 31.7 Å². The van der Waals surface area contributed by atoms with E-state index in [1.807, 2.05) is 0 Å². The number of sulfone groups is 1. The fourth-order valence-electron chi connectivity index (χ4n) is 0.542. The zero-order valence-corrected chi connectivity index (χ0v) is 7.51. The molecule has 0 N–H and O–H groups in total. The van der Waals surface area contributed by atoms with E-state index in [-0.39, 0.29) is 6.08 Å². The molecule has 14 heavy (non-hydrogen) atoms. The number of hydrogen-bond acceptors (Lipinski definition) is 4. The highest BCUT2D eigenvalue weighted by atomic mass is 32.2. The molecule has 0 radical (unpaired) electrons. The van der Waals surface area contributed by atoms with Gasteiger partial charge in [-0.15, -0.1) is 0 Å². The molecule has 5 nitrogen and oxygen atoms in total. The maximum atomic E-state index is 11.5. The van der Waals surface area contributed by atoms with E-state index in [0.717, 1.165) is 0 Å². The van der Waals surface area contributed by atoms with Crippen molar-refractivity contribution in [2.75, 3.05) is 11.6 Å². The standard InChI is InChI=1S/C5H6F3NO4S/c6-5(7,8)2-1-3-14(12,13)4-9(10)11/h1-2H,3-4H2. The molecular formula is C5H6F3NO4S. The van der Waals surface area contributed by atoms with Crippen LogP contribution in [0.25, 0.3) is 0 Å². The van der Waals surface area contributed by atoms with Gasteiger partial charge in [0.1, 0.15) is 0 Å². The fraction of sp³-hybridized carbons (Fsp3) is 0.600. The topological polar surface area (TPSA) is 77.3 Å². The van der Waals surface area contributed by atoms with Crippen molar-refractivity contribution in [1.29, 1.82) is 0 Å². The minimum absolute atomic E-state index is 0.273. The summed E-state index contributed by atoms with van der Waals surface area (Å²) in [5, 5.41) is 9.76. The van der Waals surface area contributed by atoms with Crippen LogP contribution in [0.5, 0.6) is 0 Å². The Hall–Kier alpha value is -1.12. The number of nitrogens with zero attached hydrogens (tertiary/aromatic N) is 1. The van der Waals surface area contributed by atoms with Crippen LogP contribution in [-0.4, -0.2) is 31.1 Å². The van der Waals surface area contributed by atoms with Crippen molar-refractivity contribution in [2.45, 2.75) is 6.18 Å². The first-order chi connectivity index (χ1) is 6.12. The van der Waals surface area contributed by atoms with Gasteiger partial charge in [-0.3, -0.25) is 10.1 Å². The molecule has 0 aromatic rings. The van der Waals surface area contributed by atoms with Gasteiger partial charge in [0, 0.05) is 11.0 Å². The molecule has 0 unspecified atom stereocenters. The maximum absolute atomic E-state index is 11.5. The van der Waals surface area contributed by atoms with Gasteiger partial charge < -0.3 is 0 Å². The molecule has 0 aliphatic carbocycles. The van der Waals surface area contributed by atoms with Gasteiger partial charge in [0.2, 0.25) is 9.84 Å². The minimum Gasteiger partial charge on any atom is -0.263 e. The van der Waals surface area contributed by atoms with Crippen molar-refractivity contribution >= 4 is 9.84 Å². The molecule has 0 atom stereocenters. The molecular weight excluding hydrogens is 227 g/mol. The number of allylic oxidation sites excluding steroid dienone is 1. The normalized spacial score (nSPS) is 13.4. The molecule has 0 rings (SSSR count). The number of rotatable bonds is 4. The summed E-state index contributed by atoms with van der Waals surface area (Å²) in [6, 6.07) is 0. The van der Waals surface area contributed by atoms with E-state index < -0.39 is 32.6 Å². The van der Waals surface area contributed by atoms with Gasteiger partial charge >= 0.3 is 12.1 Å². The minimum atomic E-state index is -4.61. The molecule has 0 heterocycles. The van der Waals surface area contributed by atoms with Crippen molar-refractivity contribution < 1.29 is 26.5 Å². The van der Waals surface area contributed by atoms with E-state index in [4.69, 9.17) is 0 Å². The van der Waals surface area contributed by atoms with Gasteiger partial charge in [-0.2, -0.15) is 13.2 Å². The second-order valence-corrected chi connectivity index (χ2v) is 4.39. The van der Waals surface area contributed by atoms with Crippen LogP contribution in [0.3, 0.4) is 0 Å². The molecule has 0 fully saturated rings. The highest BCUT2D eigenvalue weighted by molar-refractivity contribution is 7.91. The molecule has 0 saturated carbocycles. The van der Waals surface area contributed by atoms with Gasteiger partial charge in [0.15, 0.2) is 0 Å². The Morgan fingerprint density at radius 2 is 1.86 bits per heavy atom. The van der Waals surface area contributed by atoms with Crippen LogP contribution >= 0.6 is 0 Å². The number of alkyl halides is 3. The lowest BCUT2D eigenvalue weighted by Crippen LogP contribution is -2.17. The average molecular weight is 233 g/mol. The van der Waals surface area contributed by atoms with Crippen LogP contribution in [0.2, 0.25) is 0 Å². The summed E-state index contributed by atoms with van der Waals surface area (Å²) in [4.78, 5) is 8.64. The predicted molar refractivity (Wildman–Crippen MR) is 40.8 cm³/mol. The Balaban J connectivity index is 4.27. The fourth-order valence-corrected chi connectivity index (χ4v) is 1.36.